The number of carbonyl (C=O) groups is 3. The maximum absolute atomic E-state index is 16.1. The molecule has 0 saturated carbocycles. The first-order chi connectivity index (χ1) is 26.5. The van der Waals surface area contributed by atoms with Gasteiger partial charge in [-0.25, -0.2) is 0 Å². The van der Waals surface area contributed by atoms with Crippen LogP contribution in [0.25, 0.3) is 21.8 Å². The topological polar surface area (TPSA) is 140 Å². The molecule has 3 amide bonds. The summed E-state index contributed by atoms with van der Waals surface area (Å²) in [4.78, 5) is 49.6. The molecule has 4 aromatic carbocycles. The van der Waals surface area contributed by atoms with Crippen molar-refractivity contribution in [3.8, 4) is 0 Å². The third-order valence-corrected chi connectivity index (χ3v) is 13.7. The molecule has 0 aliphatic carbocycles. The minimum Gasteiger partial charge on any atom is -0.396 e. The Bertz CT molecular complexity index is 2440. The zero-order valence-corrected chi connectivity index (χ0v) is 32.0. The van der Waals surface area contributed by atoms with Gasteiger partial charge in [0.05, 0.1) is 31.2 Å². The van der Waals surface area contributed by atoms with Crippen LogP contribution >= 0.6 is 0 Å². The lowest BCUT2D eigenvalue weighted by Gasteiger charge is -2.31. The van der Waals surface area contributed by atoms with E-state index in [9.17, 15) is 19.5 Å². The predicted octanol–water partition coefficient (Wildman–Crippen LogP) is 7.72. The van der Waals surface area contributed by atoms with E-state index < -0.39 is 31.6 Å². The fourth-order valence-corrected chi connectivity index (χ4v) is 11.5. The Labute approximate surface area is 319 Å². The van der Waals surface area contributed by atoms with Crippen LogP contribution in [0.1, 0.15) is 35.6 Å². The lowest BCUT2D eigenvalue weighted by Crippen LogP contribution is -2.45. The third kappa shape index (κ3) is 6.64. The van der Waals surface area contributed by atoms with Gasteiger partial charge < -0.3 is 39.5 Å². The monoisotopic (exact) mass is 757 g/mol. The van der Waals surface area contributed by atoms with Crippen LogP contribution in [0.3, 0.4) is 0 Å². The maximum atomic E-state index is 16.1. The van der Waals surface area contributed by atoms with E-state index in [1.807, 2.05) is 92.1 Å². The Morgan fingerprint density at radius 3 is 2.05 bits per heavy atom. The summed E-state index contributed by atoms with van der Waals surface area (Å²) in [6.07, 6.45) is 3.54. The molecular formula is C43H44FN5O5Si. The van der Waals surface area contributed by atoms with Crippen LogP contribution in [0.4, 0.5) is 21.2 Å². The van der Waals surface area contributed by atoms with E-state index in [1.165, 1.54) is 0 Å². The molecule has 5 N–H and O–H groups in total. The number of carbonyl (C=O) groups excluding carboxylic acids is 3. The number of rotatable bonds is 11. The third-order valence-electron chi connectivity index (χ3n) is 11.3. The second kappa shape index (κ2) is 14.3. The van der Waals surface area contributed by atoms with Gasteiger partial charge in [0, 0.05) is 69.2 Å². The summed E-state index contributed by atoms with van der Waals surface area (Å²) in [7, 11) is -3.41. The van der Waals surface area contributed by atoms with E-state index in [4.69, 9.17) is 4.74 Å². The lowest BCUT2D eigenvalue weighted by molar-refractivity contribution is -0.146. The van der Waals surface area contributed by atoms with Crippen molar-refractivity contribution in [2.75, 3.05) is 22.1 Å². The van der Waals surface area contributed by atoms with Crippen LogP contribution in [0, 0.1) is 5.92 Å². The first-order valence-corrected chi connectivity index (χ1v) is 21.6. The molecule has 2 aromatic heterocycles. The number of fused-ring (bicyclic) bond motifs is 4. The molecule has 2 aliphatic rings. The van der Waals surface area contributed by atoms with Gasteiger partial charge >= 0.3 is 0 Å². The minimum absolute atomic E-state index is 0.140. The van der Waals surface area contributed by atoms with Crippen molar-refractivity contribution >= 4 is 65.0 Å². The van der Waals surface area contributed by atoms with Gasteiger partial charge in [-0.15, -0.1) is 0 Å². The number of aliphatic hydroxyl groups is 1. The highest BCUT2D eigenvalue weighted by Gasteiger charge is 2.66. The van der Waals surface area contributed by atoms with Gasteiger partial charge in [0.15, 0.2) is 5.60 Å². The fraction of sp³-hybridized carbons (Fsp3) is 0.279. The van der Waals surface area contributed by atoms with Crippen LogP contribution in [0.15, 0.2) is 103 Å². The van der Waals surface area contributed by atoms with E-state index in [-0.39, 0.29) is 50.1 Å². The minimum atomic E-state index is -3.41. The number of aromatic nitrogens is 2. The number of nitrogens with one attached hydrogen (secondary N) is 4. The van der Waals surface area contributed by atoms with Crippen LogP contribution in [0.2, 0.25) is 18.6 Å². The van der Waals surface area contributed by atoms with Crippen LogP contribution in [0.5, 0.6) is 0 Å². The van der Waals surface area contributed by atoms with Gasteiger partial charge in [0.25, 0.3) is 5.91 Å². The molecule has 1 saturated heterocycles. The Kier molecular flexibility index (Phi) is 9.44. The van der Waals surface area contributed by atoms with Crippen LogP contribution in [-0.2, 0) is 44.1 Å². The van der Waals surface area contributed by atoms with Crippen molar-refractivity contribution in [3.05, 3.63) is 126 Å². The van der Waals surface area contributed by atoms with Gasteiger partial charge in [0.1, 0.15) is 0 Å². The molecule has 10 nitrogen and oxygen atoms in total. The number of benzene rings is 4. The molecule has 4 atom stereocenters. The standard InChI is InChI=1S/C43H44FN5O5Si/c1-26-41(55(2,3)44)38(17-18-50)54-43(26)34-22-31(48-40(52)21-29-24-46-36-14-7-5-12-33(29)36)15-16-37(34)49(42(43)53)25-27-9-8-10-30(19-27)47-39(51)20-28-23-45-35-13-6-4-11-32(28)35/h4-16,19,22-24,26,38,41,45-46,50H,17-18,20-21,25H2,1-3H3,(H,47,51)(H,48,52)/t26-,38+,41-,43+/m1/s1. The molecule has 1 fully saturated rings. The Morgan fingerprint density at radius 2 is 1.45 bits per heavy atom. The quantitative estimate of drug-likeness (QED) is 0.0681. The summed E-state index contributed by atoms with van der Waals surface area (Å²) in [5.74, 6) is -1.28. The zero-order valence-electron chi connectivity index (χ0n) is 31.0. The van der Waals surface area contributed by atoms with Crippen molar-refractivity contribution in [2.45, 2.75) is 63.1 Å². The van der Waals surface area contributed by atoms with Crippen LogP contribution in [-0.4, -0.2) is 53.9 Å². The van der Waals surface area contributed by atoms with Crippen molar-refractivity contribution in [1.82, 2.24) is 9.97 Å². The molecule has 4 heterocycles. The molecule has 282 valence electrons. The van der Waals surface area contributed by atoms with Gasteiger partial charge in [-0.1, -0.05) is 55.5 Å². The number of H-pyrrole nitrogens is 2. The highest BCUT2D eigenvalue weighted by Crippen LogP contribution is 2.60. The van der Waals surface area contributed by atoms with Crippen LogP contribution < -0.4 is 15.5 Å². The van der Waals surface area contributed by atoms with Gasteiger partial charge in [0.2, 0.25) is 20.2 Å². The maximum Gasteiger partial charge on any atom is 0.264 e. The molecule has 1 spiro atoms. The number of para-hydroxylation sites is 2. The number of amides is 3. The number of ether oxygens (including phenoxy) is 1. The molecule has 55 heavy (non-hydrogen) atoms. The van der Waals surface area contributed by atoms with Crippen molar-refractivity contribution in [3.63, 3.8) is 0 Å². The Morgan fingerprint density at radius 1 is 0.855 bits per heavy atom. The van der Waals surface area contributed by atoms with E-state index >= 15 is 4.11 Å². The molecule has 2 aliphatic heterocycles. The summed E-state index contributed by atoms with van der Waals surface area (Å²) in [6.45, 7) is 5.07. The SMILES string of the molecule is C[C@@H]1[C@@H]([Si](C)(C)F)[C@H](CCO)O[C@@]12C(=O)N(Cc1cccc(NC(=O)Cc3c[nH]c4ccccc34)c1)c1ccc(NC(=O)Cc3c[nH]c4ccccc34)cc12. The molecular weight excluding hydrogens is 714 g/mol. The first kappa shape index (κ1) is 36.4. The second-order valence-corrected chi connectivity index (χ2v) is 19.1. The molecule has 0 bridgehead atoms. The van der Waals surface area contributed by atoms with Crippen molar-refractivity contribution < 1.29 is 28.3 Å². The molecule has 12 heteroatoms. The fourth-order valence-electron chi connectivity index (χ4n) is 8.92. The summed E-state index contributed by atoms with van der Waals surface area (Å²) >= 11 is 0. The number of aromatic amines is 2. The van der Waals surface area contributed by atoms with E-state index in [0.717, 1.165) is 38.5 Å². The number of hydrogen-bond acceptors (Lipinski definition) is 5. The molecule has 0 unspecified atom stereocenters. The number of nitrogens with zero attached hydrogens (tertiary/aromatic N) is 1. The number of anilines is 3. The molecule has 0 radical (unpaired) electrons. The molecule has 8 rings (SSSR count). The van der Waals surface area contributed by atoms with Gasteiger partial charge in [-0.3, -0.25) is 14.4 Å². The number of hydrogen-bond donors (Lipinski definition) is 5. The zero-order chi connectivity index (χ0) is 38.5. The summed E-state index contributed by atoms with van der Waals surface area (Å²) < 4.78 is 22.9. The van der Waals surface area contributed by atoms with Gasteiger partial charge in [-0.05, 0) is 78.7 Å². The van der Waals surface area contributed by atoms with E-state index in [0.29, 0.717) is 22.6 Å². The predicted molar refractivity (Wildman–Crippen MR) is 215 cm³/mol. The largest absolute Gasteiger partial charge is 0.396 e. The Hall–Kier alpha value is -5.56. The second-order valence-electron chi connectivity index (χ2n) is 15.3. The highest BCUT2D eigenvalue weighted by atomic mass is 28.4. The smallest absolute Gasteiger partial charge is 0.264 e. The number of halogens is 1. The summed E-state index contributed by atoms with van der Waals surface area (Å²) in [5, 5.41) is 18.0. The average molecular weight is 758 g/mol. The Balaban J connectivity index is 1.08. The average Bonchev–Trinajstić information content (AvgIpc) is 3.89. The normalized spacial score (nSPS) is 20.8. The lowest BCUT2D eigenvalue weighted by atomic mass is 9.82. The summed E-state index contributed by atoms with van der Waals surface area (Å²) in [6, 6.07) is 28.4. The number of aliphatic hydroxyl groups excluding tert-OH is 1. The van der Waals surface area contributed by atoms with Gasteiger partial charge in [-0.2, -0.15) is 0 Å². The highest BCUT2D eigenvalue weighted by molar-refractivity contribution is 6.72. The summed E-state index contributed by atoms with van der Waals surface area (Å²) in [5.41, 5.74) is 4.59. The first-order valence-electron chi connectivity index (χ1n) is 18.7. The van der Waals surface area contributed by atoms with Crippen molar-refractivity contribution in [1.29, 1.82) is 0 Å². The van der Waals surface area contributed by atoms with E-state index in [2.05, 4.69) is 20.6 Å². The van der Waals surface area contributed by atoms with Crippen molar-refractivity contribution in [2.24, 2.45) is 5.92 Å². The molecule has 6 aromatic rings. The van der Waals surface area contributed by atoms with E-state index in [1.54, 1.807) is 36.2 Å².